The van der Waals surface area contributed by atoms with Gasteiger partial charge >= 0.3 is 0 Å². The van der Waals surface area contributed by atoms with Gasteiger partial charge in [0.1, 0.15) is 16.5 Å². The van der Waals surface area contributed by atoms with E-state index in [4.69, 9.17) is 27.3 Å². The molecule has 0 saturated carbocycles. The summed E-state index contributed by atoms with van der Waals surface area (Å²) in [4.78, 5) is 1.24. The number of ether oxygens (including phenoxy) is 1. The van der Waals surface area contributed by atoms with Gasteiger partial charge < -0.3 is 10.1 Å². The SMILES string of the molecule is COc1ccc(CN2N=C(c3ccc(Cl)cc3)c3c(sc(C)c3C)NC2NN)cc1. The Bertz CT molecular complexity index is 1060. The molecule has 30 heavy (non-hydrogen) atoms. The van der Waals surface area contributed by atoms with Crippen LogP contribution in [0.3, 0.4) is 0 Å². The highest BCUT2D eigenvalue weighted by molar-refractivity contribution is 7.16. The molecule has 0 saturated heterocycles. The zero-order chi connectivity index (χ0) is 21.3. The van der Waals surface area contributed by atoms with Crippen molar-refractivity contribution < 1.29 is 4.74 Å². The van der Waals surface area contributed by atoms with E-state index >= 15 is 0 Å². The van der Waals surface area contributed by atoms with Gasteiger partial charge in [0.15, 0.2) is 6.29 Å². The number of nitrogens with zero attached hydrogens (tertiary/aromatic N) is 2. The smallest absolute Gasteiger partial charge is 0.184 e. The lowest BCUT2D eigenvalue weighted by Crippen LogP contribution is -2.50. The molecule has 8 heteroatoms. The summed E-state index contributed by atoms with van der Waals surface area (Å²) in [6.07, 6.45) is -0.367. The van der Waals surface area contributed by atoms with Gasteiger partial charge in [-0.25, -0.2) is 5.43 Å². The quantitative estimate of drug-likeness (QED) is 0.402. The number of hydrogen-bond donors (Lipinski definition) is 3. The number of benzene rings is 2. The molecule has 1 aromatic heterocycles. The molecule has 0 aliphatic carbocycles. The number of rotatable bonds is 5. The van der Waals surface area contributed by atoms with Crippen LogP contribution in [0.5, 0.6) is 5.75 Å². The second-order valence-electron chi connectivity index (χ2n) is 7.10. The number of nitrogens with two attached hydrogens (primary N) is 1. The molecular formula is C22H24ClN5OS. The predicted octanol–water partition coefficient (Wildman–Crippen LogP) is 4.45. The third-order valence-electron chi connectivity index (χ3n) is 5.20. The maximum atomic E-state index is 6.13. The topological polar surface area (TPSA) is 74.9 Å². The number of hydrazone groups is 1. The second kappa shape index (κ2) is 8.65. The van der Waals surface area contributed by atoms with Crippen molar-refractivity contribution in [3.05, 3.63) is 80.7 Å². The zero-order valence-electron chi connectivity index (χ0n) is 17.1. The van der Waals surface area contributed by atoms with Crippen molar-refractivity contribution in [3.8, 4) is 5.75 Å². The monoisotopic (exact) mass is 441 g/mol. The number of aryl methyl sites for hydroxylation is 1. The van der Waals surface area contributed by atoms with E-state index in [2.05, 4.69) is 24.6 Å². The Hall–Kier alpha value is -2.58. The van der Waals surface area contributed by atoms with Crippen molar-refractivity contribution in [1.82, 2.24) is 10.4 Å². The maximum Gasteiger partial charge on any atom is 0.184 e. The van der Waals surface area contributed by atoms with Crippen LogP contribution in [0.2, 0.25) is 5.02 Å². The van der Waals surface area contributed by atoms with Crippen LogP contribution in [-0.4, -0.2) is 24.1 Å². The molecule has 4 rings (SSSR count). The number of hydrazine groups is 1. The fourth-order valence-electron chi connectivity index (χ4n) is 3.43. The first-order chi connectivity index (χ1) is 14.5. The highest BCUT2D eigenvalue weighted by atomic mass is 35.5. The van der Waals surface area contributed by atoms with Crippen LogP contribution in [-0.2, 0) is 6.54 Å². The fraction of sp³-hybridized carbons (Fsp3) is 0.227. The summed E-state index contributed by atoms with van der Waals surface area (Å²) >= 11 is 7.83. The van der Waals surface area contributed by atoms with Gasteiger partial charge in [-0.1, -0.05) is 35.9 Å². The lowest BCUT2D eigenvalue weighted by atomic mass is 10.0. The van der Waals surface area contributed by atoms with Gasteiger partial charge in [0.25, 0.3) is 0 Å². The molecule has 1 aliphatic rings. The summed E-state index contributed by atoms with van der Waals surface area (Å²) in [5, 5.41) is 12.2. The van der Waals surface area contributed by atoms with Gasteiger partial charge in [0, 0.05) is 21.0 Å². The first kappa shape index (κ1) is 20.7. The minimum Gasteiger partial charge on any atom is -0.497 e. The van der Waals surface area contributed by atoms with Gasteiger partial charge in [-0.2, -0.15) is 5.10 Å². The maximum absolute atomic E-state index is 6.13. The van der Waals surface area contributed by atoms with Gasteiger partial charge in [0.2, 0.25) is 0 Å². The second-order valence-corrected chi connectivity index (χ2v) is 8.76. The van der Waals surface area contributed by atoms with Crippen molar-refractivity contribution in [2.45, 2.75) is 26.7 Å². The number of anilines is 1. The molecule has 0 fully saturated rings. The van der Waals surface area contributed by atoms with Crippen LogP contribution < -0.4 is 21.3 Å². The normalized spacial score (nSPS) is 15.8. The van der Waals surface area contributed by atoms with Crippen LogP contribution >= 0.6 is 22.9 Å². The van der Waals surface area contributed by atoms with E-state index in [-0.39, 0.29) is 6.29 Å². The Balaban J connectivity index is 1.80. The van der Waals surface area contributed by atoms with E-state index in [9.17, 15) is 0 Å². The third-order valence-corrected chi connectivity index (χ3v) is 6.59. The van der Waals surface area contributed by atoms with E-state index < -0.39 is 0 Å². The van der Waals surface area contributed by atoms with Gasteiger partial charge in [-0.3, -0.25) is 10.9 Å². The molecule has 0 spiro atoms. The van der Waals surface area contributed by atoms with E-state index in [0.717, 1.165) is 33.2 Å². The fourth-order valence-corrected chi connectivity index (χ4v) is 4.64. The number of halogens is 1. The summed E-state index contributed by atoms with van der Waals surface area (Å²) < 4.78 is 5.27. The van der Waals surface area contributed by atoms with Crippen molar-refractivity contribution in [2.75, 3.05) is 12.4 Å². The molecule has 2 aromatic carbocycles. The van der Waals surface area contributed by atoms with Crippen LogP contribution in [0.25, 0.3) is 0 Å². The van der Waals surface area contributed by atoms with Crippen LogP contribution in [0.4, 0.5) is 5.00 Å². The number of methoxy groups -OCH3 is 1. The molecule has 4 N–H and O–H groups in total. The van der Waals surface area contributed by atoms with E-state index in [0.29, 0.717) is 11.6 Å². The van der Waals surface area contributed by atoms with Crippen LogP contribution in [0.1, 0.15) is 27.1 Å². The van der Waals surface area contributed by atoms with E-state index in [1.165, 1.54) is 10.4 Å². The van der Waals surface area contributed by atoms with E-state index in [1.54, 1.807) is 18.4 Å². The summed E-state index contributed by atoms with van der Waals surface area (Å²) in [5.41, 5.74) is 8.14. The number of thiophene rings is 1. The van der Waals surface area contributed by atoms with Crippen molar-refractivity contribution in [1.29, 1.82) is 0 Å². The molecule has 156 valence electrons. The third kappa shape index (κ3) is 4.02. The molecule has 0 bridgehead atoms. The Morgan fingerprint density at radius 2 is 1.87 bits per heavy atom. The molecular weight excluding hydrogens is 418 g/mol. The Morgan fingerprint density at radius 3 is 2.50 bits per heavy atom. The zero-order valence-corrected chi connectivity index (χ0v) is 18.6. The summed E-state index contributed by atoms with van der Waals surface area (Å²) in [5.74, 6) is 6.73. The predicted molar refractivity (Wildman–Crippen MR) is 124 cm³/mol. The minimum absolute atomic E-state index is 0.367. The first-order valence-electron chi connectivity index (χ1n) is 9.57. The Labute approximate surface area is 185 Å². The van der Waals surface area contributed by atoms with Crippen molar-refractivity contribution in [2.24, 2.45) is 10.9 Å². The molecule has 6 nitrogen and oxygen atoms in total. The molecule has 1 atom stereocenters. The van der Waals surface area contributed by atoms with E-state index in [1.807, 2.05) is 53.5 Å². The van der Waals surface area contributed by atoms with Crippen LogP contribution in [0, 0.1) is 13.8 Å². The Morgan fingerprint density at radius 1 is 1.17 bits per heavy atom. The summed E-state index contributed by atoms with van der Waals surface area (Å²) in [6.45, 7) is 4.81. The average molecular weight is 442 g/mol. The van der Waals surface area contributed by atoms with Gasteiger partial charge in [-0.05, 0) is 49.2 Å². The highest BCUT2D eigenvalue weighted by Gasteiger charge is 2.28. The summed E-state index contributed by atoms with van der Waals surface area (Å²) in [7, 11) is 1.66. The molecule has 0 amide bonds. The lowest BCUT2D eigenvalue weighted by Gasteiger charge is -2.28. The highest BCUT2D eigenvalue weighted by Crippen LogP contribution is 2.37. The molecule has 0 radical (unpaired) electrons. The minimum atomic E-state index is -0.367. The number of hydrogen-bond acceptors (Lipinski definition) is 7. The van der Waals surface area contributed by atoms with Gasteiger partial charge in [-0.15, -0.1) is 11.3 Å². The molecule has 1 unspecified atom stereocenters. The largest absolute Gasteiger partial charge is 0.497 e. The van der Waals surface area contributed by atoms with Crippen LogP contribution in [0.15, 0.2) is 53.6 Å². The number of nitrogens with one attached hydrogen (secondary N) is 2. The molecule has 3 aromatic rings. The molecule has 1 aliphatic heterocycles. The molecule has 2 heterocycles. The first-order valence-corrected chi connectivity index (χ1v) is 10.8. The van der Waals surface area contributed by atoms with Crippen molar-refractivity contribution >= 4 is 33.7 Å². The average Bonchev–Trinajstić information content (AvgIpc) is 2.94. The lowest BCUT2D eigenvalue weighted by molar-refractivity contribution is 0.187. The standard InChI is InChI=1S/C22H24ClN5OS/c1-13-14(2)30-21-19(13)20(16-6-8-17(23)9-7-16)27-28(22(25-21)26-24)12-15-4-10-18(29-3)11-5-15/h4-11,22,25-26H,12,24H2,1-3H3. The van der Waals surface area contributed by atoms with Gasteiger partial charge in [0.05, 0.1) is 13.7 Å². The number of fused-ring (bicyclic) bond motifs is 1. The Kier molecular flexibility index (Phi) is 5.97. The summed E-state index contributed by atoms with van der Waals surface area (Å²) in [6, 6.07) is 15.7. The van der Waals surface area contributed by atoms with Crippen molar-refractivity contribution in [3.63, 3.8) is 0 Å².